The van der Waals surface area contributed by atoms with Gasteiger partial charge in [0.1, 0.15) is 5.76 Å². The van der Waals surface area contributed by atoms with E-state index >= 15 is 0 Å². The predicted octanol–water partition coefficient (Wildman–Crippen LogP) is 1.40. The Morgan fingerprint density at radius 1 is 1.35 bits per heavy atom. The Hall–Kier alpha value is -2.15. The molecule has 2 atom stereocenters. The minimum Gasteiger partial charge on any atom is -0.361 e. The Morgan fingerprint density at radius 2 is 2.17 bits per heavy atom. The average Bonchev–Trinajstić information content (AvgIpc) is 3.23. The number of aromatic nitrogens is 3. The number of nitrogens with zero attached hydrogens (tertiary/aromatic N) is 5. The van der Waals surface area contributed by atoms with E-state index in [4.69, 9.17) is 4.52 Å². The smallest absolute Gasteiger partial charge is 0.229 e. The van der Waals surface area contributed by atoms with E-state index < -0.39 is 0 Å². The summed E-state index contributed by atoms with van der Waals surface area (Å²) in [7, 11) is 1.87. The second-order valence-electron chi connectivity index (χ2n) is 6.54. The van der Waals surface area contributed by atoms with Crippen LogP contribution in [0, 0.1) is 13.8 Å². The van der Waals surface area contributed by atoms with Gasteiger partial charge in [-0.15, -0.1) is 0 Å². The molecule has 7 nitrogen and oxygen atoms in total. The highest BCUT2D eigenvalue weighted by molar-refractivity contribution is 5.97. The van der Waals surface area contributed by atoms with Crippen LogP contribution in [0.15, 0.2) is 16.9 Å². The number of amides is 1. The van der Waals surface area contributed by atoms with Gasteiger partial charge in [-0.25, -0.2) is 0 Å². The lowest BCUT2D eigenvalue weighted by Crippen LogP contribution is -2.37. The Labute approximate surface area is 134 Å². The lowest BCUT2D eigenvalue weighted by molar-refractivity contribution is -0.117. The van der Waals surface area contributed by atoms with Gasteiger partial charge >= 0.3 is 0 Å². The third kappa shape index (κ3) is 2.26. The zero-order valence-corrected chi connectivity index (χ0v) is 13.7. The Kier molecular flexibility index (Phi) is 3.26. The van der Waals surface area contributed by atoms with E-state index in [0.29, 0.717) is 6.42 Å². The molecule has 0 aliphatic carbocycles. The van der Waals surface area contributed by atoms with Gasteiger partial charge in [0.2, 0.25) is 5.91 Å². The Bertz CT molecular complexity index is 730. The van der Waals surface area contributed by atoms with Crippen LogP contribution in [-0.4, -0.2) is 44.4 Å². The van der Waals surface area contributed by atoms with Crippen molar-refractivity contribution in [3.63, 3.8) is 0 Å². The van der Waals surface area contributed by atoms with Gasteiger partial charge < -0.3 is 9.42 Å². The van der Waals surface area contributed by atoms with E-state index in [1.54, 1.807) is 10.9 Å². The number of hydrogen-bond acceptors (Lipinski definition) is 5. The number of anilines is 1. The molecule has 0 bridgehead atoms. The second kappa shape index (κ2) is 5.19. The molecule has 7 heteroatoms. The van der Waals surface area contributed by atoms with Crippen molar-refractivity contribution in [3.8, 4) is 0 Å². The number of aryl methyl sites for hydroxylation is 3. The highest BCUT2D eigenvalue weighted by atomic mass is 16.5. The van der Waals surface area contributed by atoms with Gasteiger partial charge in [-0.1, -0.05) is 5.16 Å². The monoisotopic (exact) mass is 315 g/mol. The molecule has 2 aromatic heterocycles. The van der Waals surface area contributed by atoms with Crippen molar-refractivity contribution in [1.82, 2.24) is 19.8 Å². The van der Waals surface area contributed by atoms with Crippen LogP contribution in [0.1, 0.15) is 29.9 Å². The van der Waals surface area contributed by atoms with Crippen molar-refractivity contribution in [2.24, 2.45) is 7.05 Å². The van der Waals surface area contributed by atoms with Gasteiger partial charge in [0, 0.05) is 44.4 Å². The lowest BCUT2D eigenvalue weighted by atomic mass is 10.1. The van der Waals surface area contributed by atoms with E-state index in [9.17, 15) is 4.79 Å². The molecule has 1 amide bonds. The van der Waals surface area contributed by atoms with E-state index in [1.807, 2.05) is 32.0 Å². The first kappa shape index (κ1) is 14.4. The molecule has 0 aromatic carbocycles. The van der Waals surface area contributed by atoms with Crippen LogP contribution >= 0.6 is 0 Å². The van der Waals surface area contributed by atoms with Gasteiger partial charge in [-0.3, -0.25) is 14.4 Å². The van der Waals surface area contributed by atoms with Crippen molar-refractivity contribution in [1.29, 1.82) is 0 Å². The molecule has 0 radical (unpaired) electrons. The van der Waals surface area contributed by atoms with E-state index in [2.05, 4.69) is 15.2 Å². The summed E-state index contributed by atoms with van der Waals surface area (Å²) in [6.07, 6.45) is 5.26. The molecule has 2 saturated heterocycles. The third-order valence-electron chi connectivity index (χ3n) is 5.12. The van der Waals surface area contributed by atoms with Gasteiger partial charge in [0.15, 0.2) is 0 Å². The minimum atomic E-state index is 0.191. The molecule has 0 N–H and O–H groups in total. The first-order valence-electron chi connectivity index (χ1n) is 8.01. The van der Waals surface area contributed by atoms with Gasteiger partial charge in [0.25, 0.3) is 0 Å². The zero-order chi connectivity index (χ0) is 16.1. The number of rotatable bonds is 3. The minimum absolute atomic E-state index is 0.191. The first-order chi connectivity index (χ1) is 11.0. The SMILES string of the molecule is Cc1noc(C)c1CN1CC[C@@H]2[C@@H]1CC(=O)N2c1cnn(C)c1. The molecule has 2 aliphatic rings. The standard InChI is InChI=1S/C16H21N5O2/c1-10-13(11(2)23-18-10)9-20-5-4-14-15(20)6-16(22)21(14)12-7-17-19(3)8-12/h7-8,14-15H,4-6,9H2,1-3H3/t14-,15+/m1/s1. The summed E-state index contributed by atoms with van der Waals surface area (Å²) in [6.45, 7) is 5.71. The van der Waals surface area contributed by atoms with Crippen molar-refractivity contribution in [2.75, 3.05) is 11.4 Å². The van der Waals surface area contributed by atoms with Crippen LogP contribution < -0.4 is 4.90 Å². The lowest BCUT2D eigenvalue weighted by Gasteiger charge is -2.24. The third-order valence-corrected chi connectivity index (χ3v) is 5.12. The van der Waals surface area contributed by atoms with Crippen molar-refractivity contribution < 1.29 is 9.32 Å². The second-order valence-corrected chi connectivity index (χ2v) is 6.54. The van der Waals surface area contributed by atoms with E-state index in [-0.39, 0.29) is 18.0 Å². The maximum atomic E-state index is 12.5. The topological polar surface area (TPSA) is 67.4 Å². The summed E-state index contributed by atoms with van der Waals surface area (Å²) < 4.78 is 7.01. The summed E-state index contributed by atoms with van der Waals surface area (Å²) in [5.74, 6) is 1.07. The fraction of sp³-hybridized carbons (Fsp3) is 0.562. The predicted molar refractivity (Wildman–Crippen MR) is 83.9 cm³/mol. The van der Waals surface area contributed by atoms with E-state index in [0.717, 1.165) is 42.2 Å². The van der Waals surface area contributed by atoms with Crippen LogP contribution in [0.2, 0.25) is 0 Å². The molecule has 122 valence electrons. The average molecular weight is 315 g/mol. The normalized spacial score (nSPS) is 24.7. The quantitative estimate of drug-likeness (QED) is 0.856. The fourth-order valence-electron chi connectivity index (χ4n) is 3.92. The van der Waals surface area contributed by atoms with Crippen LogP contribution in [-0.2, 0) is 18.4 Å². The summed E-state index contributed by atoms with van der Waals surface area (Å²) in [4.78, 5) is 16.8. The Morgan fingerprint density at radius 3 is 2.83 bits per heavy atom. The van der Waals surface area contributed by atoms with Gasteiger partial charge in [-0.05, 0) is 20.3 Å². The zero-order valence-electron chi connectivity index (χ0n) is 13.7. The fourth-order valence-corrected chi connectivity index (χ4v) is 3.92. The molecule has 2 fully saturated rings. The maximum absolute atomic E-state index is 12.5. The van der Waals surface area contributed by atoms with Gasteiger partial charge in [-0.2, -0.15) is 5.10 Å². The maximum Gasteiger partial charge on any atom is 0.229 e. The molecule has 0 saturated carbocycles. The molecular weight excluding hydrogens is 294 g/mol. The molecule has 0 unspecified atom stereocenters. The largest absolute Gasteiger partial charge is 0.361 e. The molecular formula is C16H21N5O2. The summed E-state index contributed by atoms with van der Waals surface area (Å²) >= 11 is 0. The van der Waals surface area contributed by atoms with Crippen LogP contribution in [0.4, 0.5) is 5.69 Å². The number of likely N-dealkylation sites (tertiary alicyclic amines) is 1. The molecule has 4 heterocycles. The van der Waals surface area contributed by atoms with Crippen molar-refractivity contribution in [2.45, 2.75) is 45.3 Å². The van der Waals surface area contributed by atoms with Gasteiger partial charge in [0.05, 0.1) is 23.6 Å². The Balaban J connectivity index is 1.56. The van der Waals surface area contributed by atoms with E-state index in [1.165, 1.54) is 0 Å². The highest BCUT2D eigenvalue weighted by Gasteiger charge is 2.47. The van der Waals surface area contributed by atoms with Crippen LogP contribution in [0.25, 0.3) is 0 Å². The molecule has 0 spiro atoms. The van der Waals surface area contributed by atoms with Crippen LogP contribution in [0.5, 0.6) is 0 Å². The molecule has 4 rings (SSSR count). The van der Waals surface area contributed by atoms with Crippen molar-refractivity contribution in [3.05, 3.63) is 29.4 Å². The van der Waals surface area contributed by atoms with Crippen LogP contribution in [0.3, 0.4) is 0 Å². The van der Waals surface area contributed by atoms with Crippen molar-refractivity contribution >= 4 is 11.6 Å². The molecule has 2 aromatic rings. The molecule has 23 heavy (non-hydrogen) atoms. The number of carbonyl (C=O) groups is 1. The summed E-state index contributed by atoms with van der Waals surface area (Å²) in [6, 6.07) is 0.503. The molecule has 2 aliphatic heterocycles. The number of carbonyl (C=O) groups excluding carboxylic acids is 1. The summed E-state index contributed by atoms with van der Waals surface area (Å²) in [5, 5.41) is 8.24. The summed E-state index contributed by atoms with van der Waals surface area (Å²) in [5.41, 5.74) is 3.00. The first-order valence-corrected chi connectivity index (χ1v) is 8.01. The number of hydrogen-bond donors (Lipinski definition) is 0. The highest BCUT2D eigenvalue weighted by Crippen LogP contribution is 2.36. The number of fused-ring (bicyclic) bond motifs is 1.